The second kappa shape index (κ2) is 7.12. The molecule has 0 bridgehead atoms. The van der Waals surface area contributed by atoms with Crippen LogP contribution in [0.5, 0.6) is 0 Å². The highest BCUT2D eigenvalue weighted by Crippen LogP contribution is 2.33. The van der Waals surface area contributed by atoms with Gasteiger partial charge in [0.15, 0.2) is 11.3 Å². The maximum Gasteiger partial charge on any atom is 0.419 e. The van der Waals surface area contributed by atoms with Crippen LogP contribution in [0.3, 0.4) is 0 Å². The van der Waals surface area contributed by atoms with Gasteiger partial charge in [-0.2, -0.15) is 36.7 Å². The Hall–Kier alpha value is -3.14. The first-order chi connectivity index (χ1) is 12.7. The van der Waals surface area contributed by atoms with Crippen LogP contribution in [0.2, 0.25) is 0 Å². The largest absolute Gasteiger partial charge is 0.419 e. The molecule has 0 saturated heterocycles. The summed E-state index contributed by atoms with van der Waals surface area (Å²) in [4.78, 5) is 15.5. The van der Waals surface area contributed by atoms with E-state index in [4.69, 9.17) is 5.26 Å². The van der Waals surface area contributed by atoms with E-state index in [1.165, 1.54) is 6.07 Å². The van der Waals surface area contributed by atoms with Gasteiger partial charge >= 0.3 is 12.4 Å². The van der Waals surface area contributed by atoms with Crippen LogP contribution in [-0.2, 0) is 23.7 Å². The van der Waals surface area contributed by atoms with Gasteiger partial charge in [0.1, 0.15) is 6.07 Å². The number of nitriles is 1. The van der Waals surface area contributed by atoms with Gasteiger partial charge in [0.05, 0.1) is 35.8 Å². The maximum atomic E-state index is 12.9. The van der Waals surface area contributed by atoms with Crippen molar-refractivity contribution in [3.05, 3.63) is 41.5 Å². The fourth-order valence-electron chi connectivity index (χ4n) is 2.09. The molecule has 0 aliphatic carbocycles. The second-order valence-electron chi connectivity index (χ2n) is 5.88. The summed E-state index contributed by atoms with van der Waals surface area (Å²) in [5, 5.41) is 24.2. The lowest BCUT2D eigenvalue weighted by Gasteiger charge is -2.22. The number of halogens is 6. The van der Waals surface area contributed by atoms with Crippen molar-refractivity contribution in [2.45, 2.75) is 31.4 Å². The zero-order valence-corrected chi connectivity index (χ0v) is 13.9. The van der Waals surface area contributed by atoms with Crippen molar-refractivity contribution < 1.29 is 36.2 Å². The highest BCUT2D eigenvalue weighted by molar-refractivity contribution is 5.96. The average molecular weight is 407 g/mol. The molecular formula is C15H11F6N5O2. The van der Waals surface area contributed by atoms with Crippen molar-refractivity contribution in [2.75, 3.05) is 5.32 Å². The molecule has 2 N–H and O–H groups in total. The molecule has 1 amide bonds. The summed E-state index contributed by atoms with van der Waals surface area (Å²) in [5.41, 5.74) is -6.19. The van der Waals surface area contributed by atoms with E-state index in [1.54, 1.807) is 0 Å². The fourth-order valence-corrected chi connectivity index (χ4v) is 2.09. The molecule has 7 nitrogen and oxygen atoms in total. The van der Waals surface area contributed by atoms with Crippen molar-refractivity contribution in [2.24, 2.45) is 0 Å². The molecule has 2 heterocycles. The first-order valence-corrected chi connectivity index (χ1v) is 7.35. The number of hydrogen-bond donors (Lipinski definition) is 2. The number of nitrogens with one attached hydrogen (secondary N) is 1. The molecular weight excluding hydrogens is 396 g/mol. The number of anilines is 1. The summed E-state index contributed by atoms with van der Waals surface area (Å²) < 4.78 is 77.1. The summed E-state index contributed by atoms with van der Waals surface area (Å²) in [6.07, 6.45) is -7.75. The van der Waals surface area contributed by atoms with E-state index < -0.39 is 52.9 Å². The summed E-state index contributed by atoms with van der Waals surface area (Å²) in [5.74, 6) is -1.21. The minimum atomic E-state index is -4.91. The van der Waals surface area contributed by atoms with Gasteiger partial charge in [-0.3, -0.25) is 9.48 Å². The number of carbonyl (C=O) groups is 1. The van der Waals surface area contributed by atoms with E-state index in [2.05, 4.69) is 10.1 Å². The van der Waals surface area contributed by atoms with E-state index in [0.717, 1.165) is 13.1 Å². The SMILES string of the molecule is CC(O)(Cn1cc(C(F)(F)F)cn1)C(=O)Nc1cnc(C#N)c(C(F)(F)F)c1. The fraction of sp³-hybridized carbons (Fsp3) is 0.333. The maximum absolute atomic E-state index is 12.9. The smallest absolute Gasteiger partial charge is 0.378 e. The number of pyridine rings is 1. The lowest BCUT2D eigenvalue weighted by Crippen LogP contribution is -2.44. The number of amides is 1. The molecule has 2 rings (SSSR count). The molecule has 0 aliphatic heterocycles. The highest BCUT2D eigenvalue weighted by Gasteiger charge is 2.37. The average Bonchev–Trinajstić information content (AvgIpc) is 3.02. The number of rotatable bonds is 4. The van der Waals surface area contributed by atoms with Crippen LogP contribution in [0, 0.1) is 11.3 Å². The van der Waals surface area contributed by atoms with Crippen LogP contribution < -0.4 is 5.32 Å². The Bertz CT molecular complexity index is 926. The first kappa shape index (κ1) is 21.2. The van der Waals surface area contributed by atoms with E-state index >= 15 is 0 Å². The second-order valence-corrected chi connectivity index (χ2v) is 5.88. The van der Waals surface area contributed by atoms with Crippen molar-refractivity contribution >= 4 is 11.6 Å². The molecule has 0 spiro atoms. The minimum absolute atomic E-state index is 0.454. The lowest BCUT2D eigenvalue weighted by molar-refractivity contribution is -0.139. The number of nitrogens with zero attached hydrogens (tertiary/aromatic N) is 4. The highest BCUT2D eigenvalue weighted by atomic mass is 19.4. The quantitative estimate of drug-likeness (QED) is 0.759. The molecule has 1 unspecified atom stereocenters. The van der Waals surface area contributed by atoms with Crippen LogP contribution in [-0.4, -0.2) is 31.4 Å². The third kappa shape index (κ3) is 4.77. The molecule has 1 atom stereocenters. The van der Waals surface area contributed by atoms with Gasteiger partial charge in [-0.1, -0.05) is 0 Å². The Morgan fingerprint density at radius 3 is 2.39 bits per heavy atom. The van der Waals surface area contributed by atoms with Crippen molar-refractivity contribution in [3.63, 3.8) is 0 Å². The predicted molar refractivity (Wildman–Crippen MR) is 80.4 cm³/mol. The van der Waals surface area contributed by atoms with Crippen LogP contribution >= 0.6 is 0 Å². The number of alkyl halides is 6. The Morgan fingerprint density at radius 1 is 1.25 bits per heavy atom. The number of aromatic nitrogens is 3. The van der Waals surface area contributed by atoms with Gasteiger partial charge in [0.25, 0.3) is 5.91 Å². The molecule has 0 radical (unpaired) electrons. The summed E-state index contributed by atoms with van der Waals surface area (Å²) >= 11 is 0. The lowest BCUT2D eigenvalue weighted by atomic mass is 10.1. The minimum Gasteiger partial charge on any atom is -0.378 e. The van der Waals surface area contributed by atoms with Gasteiger partial charge in [-0.15, -0.1) is 0 Å². The van der Waals surface area contributed by atoms with Gasteiger partial charge in [-0.05, 0) is 13.0 Å². The van der Waals surface area contributed by atoms with Crippen LogP contribution in [0.15, 0.2) is 24.7 Å². The molecule has 2 aromatic rings. The molecule has 13 heteroatoms. The van der Waals surface area contributed by atoms with Gasteiger partial charge < -0.3 is 10.4 Å². The molecule has 0 fully saturated rings. The molecule has 0 aliphatic rings. The normalized spacial score (nSPS) is 14.2. The monoisotopic (exact) mass is 407 g/mol. The number of hydrogen-bond acceptors (Lipinski definition) is 5. The van der Waals surface area contributed by atoms with E-state index in [0.29, 0.717) is 23.1 Å². The third-order valence-electron chi connectivity index (χ3n) is 3.48. The van der Waals surface area contributed by atoms with Crippen LogP contribution in [0.1, 0.15) is 23.7 Å². The Balaban J connectivity index is 2.19. The summed E-state index contributed by atoms with van der Waals surface area (Å²) in [6, 6.07) is 1.72. The van der Waals surface area contributed by atoms with Gasteiger partial charge in [0.2, 0.25) is 0 Å². The molecule has 28 heavy (non-hydrogen) atoms. The third-order valence-corrected chi connectivity index (χ3v) is 3.48. The Labute approximate surface area is 153 Å². The number of carbonyl (C=O) groups excluding carboxylic acids is 1. The van der Waals surface area contributed by atoms with Crippen molar-refractivity contribution in [1.29, 1.82) is 5.26 Å². The molecule has 2 aromatic heterocycles. The van der Waals surface area contributed by atoms with E-state index in [1.807, 2.05) is 5.32 Å². The predicted octanol–water partition coefficient (Wildman–Crippen LogP) is 2.58. The van der Waals surface area contributed by atoms with Crippen molar-refractivity contribution in [1.82, 2.24) is 14.8 Å². The summed E-state index contributed by atoms with van der Waals surface area (Å²) in [7, 11) is 0. The van der Waals surface area contributed by atoms with E-state index in [9.17, 15) is 36.2 Å². The molecule has 0 aromatic carbocycles. The molecule has 150 valence electrons. The van der Waals surface area contributed by atoms with Gasteiger partial charge in [-0.25, -0.2) is 4.98 Å². The van der Waals surface area contributed by atoms with Crippen LogP contribution in [0.25, 0.3) is 0 Å². The standard InChI is InChI=1S/C15H11F6N5O2/c1-13(28,7-26-6-8(4-24-26)14(16,17)18)12(27)25-9-2-10(15(19,20)21)11(3-22)23-5-9/h2,4-6,28H,7H2,1H3,(H,25,27). The van der Waals surface area contributed by atoms with E-state index in [-0.39, 0.29) is 0 Å². The Morgan fingerprint density at radius 2 is 1.89 bits per heavy atom. The van der Waals surface area contributed by atoms with Crippen LogP contribution in [0.4, 0.5) is 32.0 Å². The molecule has 0 saturated carbocycles. The van der Waals surface area contributed by atoms with Crippen molar-refractivity contribution in [3.8, 4) is 6.07 Å². The number of aliphatic hydroxyl groups is 1. The zero-order valence-electron chi connectivity index (χ0n) is 13.9. The summed E-state index contributed by atoms with van der Waals surface area (Å²) in [6.45, 7) is 0.240. The topological polar surface area (TPSA) is 104 Å². The zero-order chi connectivity index (χ0) is 21.3. The van der Waals surface area contributed by atoms with Gasteiger partial charge in [0, 0.05) is 6.20 Å². The first-order valence-electron chi connectivity index (χ1n) is 7.35. The Kier molecular flexibility index (Phi) is 5.38.